The van der Waals surface area contributed by atoms with Crippen LogP contribution in [0.15, 0.2) is 97.2 Å². The second kappa shape index (κ2) is 12.7. The molecule has 0 radical (unpaired) electrons. The molecular weight excluding hydrogens is 590 g/mol. The molecule has 1 fully saturated rings. The third kappa shape index (κ3) is 8.42. The molecule has 0 saturated carbocycles. The predicted molar refractivity (Wildman–Crippen MR) is 148 cm³/mol. The fourth-order valence-corrected chi connectivity index (χ4v) is 5.37. The van der Waals surface area contributed by atoms with Crippen molar-refractivity contribution in [3.63, 3.8) is 0 Å². The number of halogens is 6. The summed E-state index contributed by atoms with van der Waals surface area (Å²) in [4.78, 5) is 6.31. The summed E-state index contributed by atoms with van der Waals surface area (Å²) in [6, 6.07) is 23.2. The maximum atomic E-state index is 12.7. The van der Waals surface area contributed by atoms with Gasteiger partial charge in [-0.15, -0.1) is 26.3 Å². The number of alkyl halides is 6. The largest absolute Gasteiger partial charge is 0.573 e. The van der Waals surface area contributed by atoms with E-state index in [0.29, 0.717) is 55.2 Å². The first-order chi connectivity index (χ1) is 20.9. The third-order valence-corrected chi connectivity index (χ3v) is 7.34. The van der Waals surface area contributed by atoms with Gasteiger partial charge in [-0.3, -0.25) is 4.90 Å². The monoisotopic (exact) mass is 618 g/mol. The number of benzene rings is 3. The maximum Gasteiger partial charge on any atom is 0.573 e. The van der Waals surface area contributed by atoms with Crippen molar-refractivity contribution in [1.29, 1.82) is 0 Å². The van der Waals surface area contributed by atoms with Gasteiger partial charge in [0.2, 0.25) is 5.88 Å². The molecular formula is C32H28F6N2O4. The van der Waals surface area contributed by atoms with E-state index in [-0.39, 0.29) is 0 Å². The normalized spacial score (nSPS) is 15.6. The van der Waals surface area contributed by atoms with Crippen LogP contribution in [0.3, 0.4) is 0 Å². The molecule has 0 amide bonds. The van der Waals surface area contributed by atoms with Gasteiger partial charge in [-0.05, 0) is 72.0 Å². The standard InChI is InChI=1S/C32H28F6N2O4/c33-31(34,35)43-26-12-6-23(7-13-26)29(24-8-14-27(15-9-24)44-32(36,37)38)30(41)16-19-40(20-17-30)21-22-4-10-25(11-5-22)42-28-3-1-2-18-39-28/h1-15,18,29,41H,16-17,19-21H2. The lowest BCUT2D eigenvalue weighted by Gasteiger charge is -2.43. The highest BCUT2D eigenvalue weighted by Crippen LogP contribution is 2.43. The van der Waals surface area contributed by atoms with E-state index in [1.807, 2.05) is 30.3 Å². The maximum absolute atomic E-state index is 12.7. The predicted octanol–water partition coefficient (Wildman–Crippen LogP) is 7.83. The molecule has 3 aromatic carbocycles. The van der Waals surface area contributed by atoms with Crippen LogP contribution in [0, 0.1) is 0 Å². The highest BCUT2D eigenvalue weighted by atomic mass is 19.4. The first-order valence-electron chi connectivity index (χ1n) is 13.7. The zero-order valence-electron chi connectivity index (χ0n) is 23.2. The third-order valence-electron chi connectivity index (χ3n) is 7.34. The van der Waals surface area contributed by atoms with E-state index in [9.17, 15) is 31.4 Å². The minimum atomic E-state index is -4.87. The van der Waals surface area contributed by atoms with Crippen LogP contribution in [-0.2, 0) is 6.54 Å². The van der Waals surface area contributed by atoms with Gasteiger partial charge in [0, 0.05) is 37.8 Å². The van der Waals surface area contributed by atoms with Gasteiger partial charge in [-0.1, -0.05) is 42.5 Å². The molecule has 0 unspecified atom stereocenters. The van der Waals surface area contributed by atoms with Gasteiger partial charge >= 0.3 is 12.7 Å². The summed E-state index contributed by atoms with van der Waals surface area (Å²) in [5, 5.41) is 11.9. The van der Waals surface area contributed by atoms with Crippen LogP contribution in [-0.4, -0.2) is 46.4 Å². The molecule has 0 spiro atoms. The molecule has 1 N–H and O–H groups in total. The molecule has 4 aromatic rings. The molecule has 1 aliphatic heterocycles. The lowest BCUT2D eigenvalue weighted by Crippen LogP contribution is -2.48. The van der Waals surface area contributed by atoms with E-state index in [1.165, 1.54) is 24.3 Å². The number of nitrogens with zero attached hydrogens (tertiary/aromatic N) is 2. The Morgan fingerprint density at radius 1 is 0.705 bits per heavy atom. The second-order valence-electron chi connectivity index (χ2n) is 10.5. The topological polar surface area (TPSA) is 64.0 Å². The summed E-state index contributed by atoms with van der Waals surface area (Å²) < 4.78 is 89.9. The van der Waals surface area contributed by atoms with Crippen molar-refractivity contribution in [3.8, 4) is 23.1 Å². The van der Waals surface area contributed by atoms with Crippen LogP contribution in [0.5, 0.6) is 23.1 Å². The number of piperidine rings is 1. The van der Waals surface area contributed by atoms with Crippen LogP contribution < -0.4 is 14.2 Å². The number of pyridine rings is 1. The summed E-state index contributed by atoms with van der Waals surface area (Å²) in [7, 11) is 0. The lowest BCUT2D eigenvalue weighted by molar-refractivity contribution is -0.275. The molecule has 44 heavy (non-hydrogen) atoms. The fourth-order valence-electron chi connectivity index (χ4n) is 5.37. The molecule has 0 atom stereocenters. The minimum Gasteiger partial charge on any atom is -0.439 e. The molecule has 12 heteroatoms. The first kappa shape index (κ1) is 31.1. The van der Waals surface area contributed by atoms with Crippen LogP contribution in [0.4, 0.5) is 26.3 Å². The average Bonchev–Trinajstić information content (AvgIpc) is 2.96. The number of hydrogen-bond acceptors (Lipinski definition) is 6. The van der Waals surface area contributed by atoms with E-state index >= 15 is 0 Å². The summed E-state index contributed by atoms with van der Waals surface area (Å²) in [5.41, 5.74) is 0.670. The SMILES string of the molecule is OC1(C(c2ccc(OC(F)(F)F)cc2)c2ccc(OC(F)(F)F)cc2)CCN(Cc2ccc(Oc3ccccn3)cc2)CC1. The van der Waals surface area contributed by atoms with Crippen molar-refractivity contribution < 1.29 is 45.7 Å². The van der Waals surface area contributed by atoms with E-state index in [0.717, 1.165) is 29.8 Å². The Bertz CT molecular complexity index is 1430. The summed E-state index contributed by atoms with van der Waals surface area (Å²) in [6.45, 7) is 1.62. The molecule has 1 saturated heterocycles. The van der Waals surface area contributed by atoms with Crippen LogP contribution in [0.2, 0.25) is 0 Å². The number of aliphatic hydroxyl groups is 1. The number of rotatable bonds is 9. The van der Waals surface area contributed by atoms with Gasteiger partial charge in [0.1, 0.15) is 17.2 Å². The molecule has 232 valence electrons. The Morgan fingerprint density at radius 2 is 1.20 bits per heavy atom. The molecule has 2 heterocycles. The van der Waals surface area contributed by atoms with Crippen molar-refractivity contribution >= 4 is 0 Å². The molecule has 6 nitrogen and oxygen atoms in total. The number of likely N-dealkylation sites (tertiary alicyclic amines) is 1. The average molecular weight is 619 g/mol. The van der Waals surface area contributed by atoms with Gasteiger partial charge in [0.15, 0.2) is 0 Å². The Labute approximate surface area is 249 Å². The Balaban J connectivity index is 1.30. The smallest absolute Gasteiger partial charge is 0.439 e. The van der Waals surface area contributed by atoms with Gasteiger partial charge in [-0.2, -0.15) is 0 Å². The quantitative estimate of drug-likeness (QED) is 0.193. The van der Waals surface area contributed by atoms with Gasteiger partial charge in [-0.25, -0.2) is 4.98 Å². The van der Waals surface area contributed by atoms with Crippen LogP contribution in [0.1, 0.15) is 35.4 Å². The minimum absolute atomic E-state index is 0.306. The Kier molecular flexibility index (Phi) is 9.02. The summed E-state index contributed by atoms with van der Waals surface area (Å²) in [5.74, 6) is -0.469. The van der Waals surface area contributed by atoms with Crippen molar-refractivity contribution in [2.45, 2.75) is 43.6 Å². The van der Waals surface area contributed by atoms with Crippen LogP contribution in [0.25, 0.3) is 0 Å². The van der Waals surface area contributed by atoms with Gasteiger partial charge in [0.05, 0.1) is 5.60 Å². The molecule has 1 aliphatic rings. The van der Waals surface area contributed by atoms with Crippen LogP contribution >= 0.6 is 0 Å². The first-order valence-corrected chi connectivity index (χ1v) is 13.7. The van der Waals surface area contributed by atoms with E-state index < -0.39 is 35.7 Å². The van der Waals surface area contributed by atoms with Crippen molar-refractivity contribution in [2.24, 2.45) is 0 Å². The second-order valence-corrected chi connectivity index (χ2v) is 10.5. The molecule has 5 rings (SSSR count). The summed E-state index contributed by atoms with van der Waals surface area (Å²) in [6.07, 6.45) is -7.49. The number of hydrogen-bond donors (Lipinski definition) is 1. The molecule has 1 aromatic heterocycles. The fraction of sp³-hybridized carbons (Fsp3) is 0.281. The van der Waals surface area contributed by atoms with E-state index in [4.69, 9.17) is 4.74 Å². The number of aromatic nitrogens is 1. The van der Waals surface area contributed by atoms with Gasteiger partial charge in [0.25, 0.3) is 0 Å². The molecule has 0 aliphatic carbocycles. The van der Waals surface area contributed by atoms with Crippen molar-refractivity contribution in [1.82, 2.24) is 9.88 Å². The highest BCUT2D eigenvalue weighted by Gasteiger charge is 2.42. The zero-order chi connectivity index (χ0) is 31.4. The highest BCUT2D eigenvalue weighted by molar-refractivity contribution is 5.41. The van der Waals surface area contributed by atoms with Crippen molar-refractivity contribution in [3.05, 3.63) is 114 Å². The van der Waals surface area contributed by atoms with Gasteiger partial charge < -0.3 is 19.3 Å². The van der Waals surface area contributed by atoms with E-state index in [1.54, 1.807) is 18.3 Å². The Hall–Kier alpha value is -4.29. The zero-order valence-corrected chi connectivity index (χ0v) is 23.2. The molecule has 0 bridgehead atoms. The van der Waals surface area contributed by atoms with Crippen molar-refractivity contribution in [2.75, 3.05) is 13.1 Å². The lowest BCUT2D eigenvalue weighted by atomic mass is 9.72. The number of ether oxygens (including phenoxy) is 3. The summed E-state index contributed by atoms with van der Waals surface area (Å²) >= 11 is 0. The Morgan fingerprint density at radius 3 is 1.66 bits per heavy atom. The van der Waals surface area contributed by atoms with E-state index in [2.05, 4.69) is 19.4 Å².